The molecule has 8 heterocycles. The summed E-state index contributed by atoms with van der Waals surface area (Å²) in [6, 6.07) is 49.4. The Labute approximate surface area is 353 Å². The quantitative estimate of drug-likeness (QED) is 0.143. The van der Waals surface area contributed by atoms with Gasteiger partial charge in [-0.25, -0.2) is 9.97 Å². The standard InChI is InChI=1S/C10H8.C9H7N.C5H5N.3C4H4N2.C4H4O.C4H4S.C3H3N3/c1-2-6-10-8-4-3-7-9(10)5-1;1-2-6-9-8(4-1)5-3-7-10-9;1-2-4-6-5-3-1;1-2-6-4-3-5-1;1-2-5-4-6-3-1;1-2-4-6-5-3-1;2*1-2-4-5-3-1;1-2-4-6-5-3-1/h1-8H;1-7H;1-5H;3*1-4H;2*1-4H;1-3H. The van der Waals surface area contributed by atoms with Crippen LogP contribution in [0.15, 0.2) is 266 Å². The van der Waals surface area contributed by atoms with Gasteiger partial charge in [-0.05, 0) is 87.4 Å². The van der Waals surface area contributed by atoms with E-state index in [0.29, 0.717) is 0 Å². The van der Waals surface area contributed by atoms with E-state index in [2.05, 4.69) is 121 Å². The molecule has 12 nitrogen and oxygen atoms in total. The van der Waals surface area contributed by atoms with Gasteiger partial charge < -0.3 is 4.42 Å². The van der Waals surface area contributed by atoms with Crippen molar-refractivity contribution in [3.05, 3.63) is 262 Å². The molecule has 0 N–H and O–H groups in total. The van der Waals surface area contributed by atoms with Gasteiger partial charge in [0, 0.05) is 73.6 Å². The average molecular weight is 810 g/mol. The number of thiophene rings is 1. The van der Waals surface area contributed by atoms with E-state index in [1.807, 2.05) is 95.8 Å². The highest BCUT2D eigenvalue weighted by molar-refractivity contribution is 7.07. The maximum Gasteiger partial charge on any atom is 0.115 e. The minimum atomic E-state index is 1.06. The lowest BCUT2D eigenvalue weighted by Gasteiger charge is -1.92. The maximum atomic E-state index is 4.58. The average Bonchev–Trinajstić information content (AvgIpc) is 4.18. The normalized spacial score (nSPS) is 8.67. The predicted octanol–water partition coefficient (Wildman–Crippen LogP) is 10.5. The number of furan rings is 1. The van der Waals surface area contributed by atoms with E-state index in [0.717, 1.165) is 5.52 Å². The van der Waals surface area contributed by atoms with Crippen LogP contribution in [0.5, 0.6) is 0 Å². The molecule has 0 saturated heterocycles. The monoisotopic (exact) mass is 809 g/mol. The molecule has 0 atom stereocenters. The summed E-state index contributed by atoms with van der Waals surface area (Å²) in [6.45, 7) is 0. The first kappa shape index (κ1) is 46.1. The molecule has 8 aromatic heterocycles. The number of fused-ring (bicyclic) bond motifs is 2. The van der Waals surface area contributed by atoms with Crippen LogP contribution in [-0.2, 0) is 0 Å². The predicted molar refractivity (Wildman–Crippen MR) is 239 cm³/mol. The van der Waals surface area contributed by atoms with Gasteiger partial charge in [-0.3, -0.25) is 19.9 Å². The summed E-state index contributed by atoms with van der Waals surface area (Å²) in [5.41, 5.74) is 1.06. The molecular weight excluding hydrogens is 767 g/mol. The first-order chi connectivity index (χ1) is 29.9. The van der Waals surface area contributed by atoms with Crippen molar-refractivity contribution in [3.8, 4) is 0 Å². The van der Waals surface area contributed by atoms with E-state index in [-0.39, 0.29) is 0 Å². The van der Waals surface area contributed by atoms with Gasteiger partial charge in [0.25, 0.3) is 0 Å². The van der Waals surface area contributed by atoms with Gasteiger partial charge in [0.2, 0.25) is 0 Å². The molecule has 0 saturated carbocycles. The minimum Gasteiger partial charge on any atom is -0.473 e. The molecule has 11 aromatic rings. The van der Waals surface area contributed by atoms with Crippen molar-refractivity contribution in [1.82, 2.24) is 55.5 Å². The Hall–Kier alpha value is -8.29. The van der Waals surface area contributed by atoms with Crippen molar-refractivity contribution in [2.24, 2.45) is 0 Å². The van der Waals surface area contributed by atoms with Crippen LogP contribution in [0.2, 0.25) is 0 Å². The van der Waals surface area contributed by atoms with Gasteiger partial charge >= 0.3 is 0 Å². The summed E-state index contributed by atoms with van der Waals surface area (Å²) >= 11 is 1.71. The molecule has 0 fully saturated rings. The van der Waals surface area contributed by atoms with Crippen molar-refractivity contribution in [2.45, 2.75) is 0 Å². The van der Waals surface area contributed by atoms with E-state index in [4.69, 9.17) is 0 Å². The molecule has 13 heteroatoms. The minimum absolute atomic E-state index is 1.06. The number of para-hydroxylation sites is 1. The van der Waals surface area contributed by atoms with Gasteiger partial charge in [-0.2, -0.15) is 21.5 Å². The molecule has 0 aliphatic carbocycles. The van der Waals surface area contributed by atoms with Crippen LogP contribution in [0.4, 0.5) is 0 Å². The van der Waals surface area contributed by atoms with Crippen molar-refractivity contribution >= 4 is 33.0 Å². The van der Waals surface area contributed by atoms with E-state index in [9.17, 15) is 0 Å². The van der Waals surface area contributed by atoms with Gasteiger partial charge in [-0.1, -0.05) is 91.0 Å². The zero-order chi connectivity index (χ0) is 41.9. The molecule has 0 radical (unpaired) electrons. The second kappa shape index (κ2) is 35.1. The van der Waals surface area contributed by atoms with Gasteiger partial charge in [-0.15, -0.1) is 10.2 Å². The molecule has 0 unspecified atom stereocenters. The summed E-state index contributed by atoms with van der Waals surface area (Å²) in [5.74, 6) is 0. The number of hydrogen-bond donors (Lipinski definition) is 0. The van der Waals surface area contributed by atoms with Crippen LogP contribution in [0.3, 0.4) is 0 Å². The molecule has 0 spiro atoms. The van der Waals surface area contributed by atoms with Crippen LogP contribution >= 0.6 is 11.3 Å². The Morgan fingerprint density at radius 2 is 0.767 bits per heavy atom. The molecule has 298 valence electrons. The van der Waals surface area contributed by atoms with Crippen LogP contribution in [0, 0.1) is 0 Å². The molecule has 11 rings (SSSR count). The Bertz CT molecular complexity index is 1860. The first-order valence-corrected chi connectivity index (χ1v) is 19.1. The second-order valence-corrected chi connectivity index (χ2v) is 11.5. The molecule has 60 heavy (non-hydrogen) atoms. The van der Waals surface area contributed by atoms with Crippen LogP contribution in [0.25, 0.3) is 21.7 Å². The summed E-state index contributed by atoms with van der Waals surface area (Å²) in [6.07, 6.45) is 26.4. The van der Waals surface area contributed by atoms with Crippen molar-refractivity contribution in [3.63, 3.8) is 0 Å². The van der Waals surface area contributed by atoms with Crippen molar-refractivity contribution in [1.29, 1.82) is 0 Å². The van der Waals surface area contributed by atoms with Gasteiger partial charge in [0.1, 0.15) is 6.33 Å². The summed E-state index contributed by atoms with van der Waals surface area (Å²) in [4.78, 5) is 22.8. The number of hydrogen-bond acceptors (Lipinski definition) is 13. The lowest BCUT2D eigenvalue weighted by Crippen LogP contribution is -1.78. The van der Waals surface area contributed by atoms with Crippen LogP contribution in [0.1, 0.15) is 0 Å². The van der Waals surface area contributed by atoms with E-state index in [1.165, 1.54) is 22.5 Å². The third-order valence-corrected chi connectivity index (χ3v) is 7.06. The Morgan fingerprint density at radius 1 is 0.317 bits per heavy atom. The number of benzene rings is 3. The number of nitrogens with zero attached hydrogens (tertiary/aromatic N) is 11. The third kappa shape index (κ3) is 25.7. The topological polar surface area (TPSA) is 155 Å². The molecule has 0 amide bonds. The zero-order valence-electron chi connectivity index (χ0n) is 32.6. The third-order valence-electron chi connectivity index (χ3n) is 6.44. The molecule has 0 bridgehead atoms. The van der Waals surface area contributed by atoms with Crippen LogP contribution < -0.4 is 0 Å². The highest BCUT2D eigenvalue weighted by Crippen LogP contribution is 2.11. The van der Waals surface area contributed by atoms with E-state index < -0.39 is 0 Å². The lowest BCUT2D eigenvalue weighted by molar-refractivity contribution is 0.567. The molecule has 0 aliphatic rings. The summed E-state index contributed by atoms with van der Waals surface area (Å²) in [5, 5.41) is 25.1. The fraction of sp³-hybridized carbons (Fsp3) is 0. The zero-order valence-corrected chi connectivity index (χ0v) is 33.4. The highest BCUT2D eigenvalue weighted by atomic mass is 32.1. The number of pyridine rings is 2. The molecule has 3 aromatic carbocycles. The van der Waals surface area contributed by atoms with Gasteiger partial charge in [0.15, 0.2) is 0 Å². The SMILES string of the molecule is c1ccc2ccccc2c1.c1ccc2ncccc2c1.c1ccncc1.c1ccnnc1.c1ccoc1.c1ccsc1.c1cnccn1.c1cncnc1.c1cnnnc1. The number of aromatic nitrogens is 11. The van der Waals surface area contributed by atoms with E-state index >= 15 is 0 Å². The highest BCUT2D eigenvalue weighted by Gasteiger charge is 1.87. The first-order valence-electron chi connectivity index (χ1n) is 18.2. The largest absolute Gasteiger partial charge is 0.473 e. The summed E-state index contributed by atoms with van der Waals surface area (Å²) in [7, 11) is 0. The smallest absolute Gasteiger partial charge is 0.115 e. The van der Waals surface area contributed by atoms with Crippen molar-refractivity contribution in [2.75, 3.05) is 0 Å². The fourth-order valence-electron chi connectivity index (χ4n) is 3.88. The van der Waals surface area contributed by atoms with Gasteiger partial charge in [0.05, 0.1) is 30.4 Å². The fourth-order valence-corrected chi connectivity index (χ4v) is 4.33. The second-order valence-electron chi connectivity index (χ2n) is 10.7. The lowest BCUT2D eigenvalue weighted by atomic mass is 10.1. The maximum absolute atomic E-state index is 4.58. The summed E-state index contributed by atoms with van der Waals surface area (Å²) < 4.78 is 4.58. The Kier molecular flexibility index (Phi) is 27.0. The van der Waals surface area contributed by atoms with Crippen molar-refractivity contribution < 1.29 is 4.42 Å². The number of rotatable bonds is 0. The van der Waals surface area contributed by atoms with Crippen LogP contribution in [-0.4, -0.2) is 55.5 Å². The Morgan fingerprint density at radius 3 is 1.07 bits per heavy atom. The molecular formula is C47H43N11OS. The Balaban J connectivity index is 0.000000182. The molecule has 0 aliphatic heterocycles. The van der Waals surface area contributed by atoms with E-state index in [1.54, 1.807) is 110 Å².